The lowest BCUT2D eigenvalue weighted by atomic mass is 10.00. The first-order valence-electron chi connectivity index (χ1n) is 5.54. The molecule has 1 heterocycles. The first kappa shape index (κ1) is 12.5. The van der Waals surface area contributed by atoms with Gasteiger partial charge in [0.1, 0.15) is 0 Å². The van der Waals surface area contributed by atoms with Gasteiger partial charge in [-0.05, 0) is 19.3 Å². The molecule has 3 unspecified atom stereocenters. The molecule has 0 aliphatic carbocycles. The average Bonchev–Trinajstić information content (AvgIpc) is 2.77. The van der Waals surface area contributed by atoms with Crippen molar-refractivity contribution in [3.63, 3.8) is 0 Å². The number of carbonyl (C=O) groups excluding carboxylic acids is 1. The maximum absolute atomic E-state index is 11.2. The Morgan fingerprint density at radius 3 is 2.87 bits per heavy atom. The van der Waals surface area contributed by atoms with E-state index in [1.54, 1.807) is 0 Å². The van der Waals surface area contributed by atoms with Crippen molar-refractivity contribution in [3.05, 3.63) is 0 Å². The van der Waals surface area contributed by atoms with Gasteiger partial charge in [0, 0.05) is 19.2 Å². The molecule has 1 rings (SSSR count). The van der Waals surface area contributed by atoms with Gasteiger partial charge >= 0.3 is 5.97 Å². The lowest BCUT2D eigenvalue weighted by molar-refractivity contribution is -0.144. The van der Waals surface area contributed by atoms with E-state index in [-0.39, 0.29) is 11.9 Å². The highest BCUT2D eigenvalue weighted by Crippen LogP contribution is 2.16. The molecule has 0 radical (unpaired) electrons. The Kier molecular flexibility index (Phi) is 5.05. The molecule has 0 aromatic rings. The molecule has 88 valence electrons. The molecule has 0 bridgehead atoms. The fourth-order valence-electron chi connectivity index (χ4n) is 1.76. The van der Waals surface area contributed by atoms with E-state index >= 15 is 0 Å². The van der Waals surface area contributed by atoms with Gasteiger partial charge in [0.15, 0.2) is 0 Å². The third-order valence-corrected chi connectivity index (χ3v) is 3.02. The highest BCUT2D eigenvalue weighted by atomic mass is 16.5. The first-order valence-corrected chi connectivity index (χ1v) is 5.54. The van der Waals surface area contributed by atoms with Crippen LogP contribution in [-0.2, 0) is 14.3 Å². The molecule has 1 aliphatic heterocycles. The molecule has 1 saturated heterocycles. The van der Waals surface area contributed by atoms with E-state index in [0.717, 1.165) is 19.6 Å². The minimum absolute atomic E-state index is 0.0835. The fourth-order valence-corrected chi connectivity index (χ4v) is 1.76. The van der Waals surface area contributed by atoms with Crippen LogP contribution in [0.15, 0.2) is 0 Å². The number of carbonyl (C=O) groups is 1. The van der Waals surface area contributed by atoms with Gasteiger partial charge in [0.25, 0.3) is 0 Å². The summed E-state index contributed by atoms with van der Waals surface area (Å²) in [7, 11) is 1.42. The van der Waals surface area contributed by atoms with Crippen molar-refractivity contribution >= 4 is 5.97 Å². The highest BCUT2D eigenvalue weighted by Gasteiger charge is 2.23. The van der Waals surface area contributed by atoms with Crippen molar-refractivity contribution < 1.29 is 14.3 Å². The van der Waals surface area contributed by atoms with Crippen LogP contribution in [0.2, 0.25) is 0 Å². The summed E-state index contributed by atoms with van der Waals surface area (Å²) in [6.07, 6.45) is 1.11. The molecule has 1 fully saturated rings. The Hall–Kier alpha value is -0.610. The van der Waals surface area contributed by atoms with Crippen molar-refractivity contribution in [2.75, 3.05) is 26.9 Å². The number of hydrogen-bond acceptors (Lipinski definition) is 4. The fraction of sp³-hybridized carbons (Fsp3) is 0.909. The van der Waals surface area contributed by atoms with Crippen LogP contribution in [0.3, 0.4) is 0 Å². The summed E-state index contributed by atoms with van der Waals surface area (Å²) in [5.41, 5.74) is 0. The standard InChI is InChI=1S/C11H21NO3/c1-8(11(13)14-3)6-12-9(2)10-4-5-15-7-10/h8-10,12H,4-7H2,1-3H3. The van der Waals surface area contributed by atoms with Crippen molar-refractivity contribution in [3.8, 4) is 0 Å². The predicted octanol–water partition coefficient (Wildman–Crippen LogP) is 0.810. The van der Waals surface area contributed by atoms with Gasteiger partial charge in [-0.1, -0.05) is 6.92 Å². The van der Waals surface area contributed by atoms with Crippen LogP contribution in [0.1, 0.15) is 20.3 Å². The molecule has 4 nitrogen and oxygen atoms in total. The lowest BCUT2D eigenvalue weighted by Crippen LogP contribution is -2.38. The molecule has 15 heavy (non-hydrogen) atoms. The lowest BCUT2D eigenvalue weighted by Gasteiger charge is -2.20. The average molecular weight is 215 g/mol. The van der Waals surface area contributed by atoms with Gasteiger partial charge in [0.2, 0.25) is 0 Å². The van der Waals surface area contributed by atoms with Gasteiger partial charge in [0.05, 0.1) is 19.6 Å². The van der Waals surface area contributed by atoms with E-state index in [1.807, 2.05) is 6.92 Å². The Morgan fingerprint density at radius 2 is 2.33 bits per heavy atom. The Balaban J connectivity index is 2.20. The van der Waals surface area contributed by atoms with Gasteiger partial charge in [-0.25, -0.2) is 0 Å². The number of hydrogen-bond donors (Lipinski definition) is 1. The maximum Gasteiger partial charge on any atom is 0.309 e. The monoisotopic (exact) mass is 215 g/mol. The van der Waals surface area contributed by atoms with Gasteiger partial charge < -0.3 is 14.8 Å². The van der Waals surface area contributed by atoms with Crippen molar-refractivity contribution in [2.24, 2.45) is 11.8 Å². The second-order valence-corrected chi connectivity index (χ2v) is 4.24. The van der Waals surface area contributed by atoms with E-state index in [0.29, 0.717) is 18.5 Å². The molecule has 4 heteroatoms. The van der Waals surface area contributed by atoms with E-state index in [4.69, 9.17) is 4.74 Å². The van der Waals surface area contributed by atoms with Gasteiger partial charge in [-0.3, -0.25) is 4.79 Å². The molecule has 0 amide bonds. The summed E-state index contributed by atoms with van der Waals surface area (Å²) in [5.74, 6) is 0.340. The predicted molar refractivity (Wildman–Crippen MR) is 57.6 cm³/mol. The second-order valence-electron chi connectivity index (χ2n) is 4.24. The largest absolute Gasteiger partial charge is 0.469 e. The molecule has 1 aliphatic rings. The molecule has 3 atom stereocenters. The Bertz CT molecular complexity index is 202. The van der Waals surface area contributed by atoms with Crippen LogP contribution in [-0.4, -0.2) is 38.9 Å². The summed E-state index contributed by atoms with van der Waals surface area (Å²) < 4.78 is 9.99. The topological polar surface area (TPSA) is 47.6 Å². The summed E-state index contributed by atoms with van der Waals surface area (Å²) in [6, 6.07) is 0.402. The van der Waals surface area contributed by atoms with Crippen LogP contribution in [0.5, 0.6) is 0 Å². The van der Waals surface area contributed by atoms with Gasteiger partial charge in [-0.2, -0.15) is 0 Å². The van der Waals surface area contributed by atoms with Crippen LogP contribution >= 0.6 is 0 Å². The van der Waals surface area contributed by atoms with E-state index < -0.39 is 0 Å². The molecule has 0 spiro atoms. The highest BCUT2D eigenvalue weighted by molar-refractivity contribution is 5.72. The quantitative estimate of drug-likeness (QED) is 0.689. The molecular weight excluding hydrogens is 194 g/mol. The van der Waals surface area contributed by atoms with Crippen molar-refractivity contribution in [1.29, 1.82) is 0 Å². The van der Waals surface area contributed by atoms with Crippen LogP contribution < -0.4 is 5.32 Å². The zero-order valence-corrected chi connectivity index (χ0v) is 9.79. The smallest absolute Gasteiger partial charge is 0.309 e. The SMILES string of the molecule is COC(=O)C(C)CNC(C)C1CCOC1. The third kappa shape index (κ3) is 3.80. The van der Waals surface area contributed by atoms with E-state index in [1.165, 1.54) is 7.11 Å². The second kappa shape index (κ2) is 6.08. The van der Waals surface area contributed by atoms with Crippen LogP contribution in [0.25, 0.3) is 0 Å². The molecular formula is C11H21NO3. The zero-order chi connectivity index (χ0) is 11.3. The Morgan fingerprint density at radius 1 is 1.60 bits per heavy atom. The van der Waals surface area contributed by atoms with Crippen molar-refractivity contribution in [1.82, 2.24) is 5.32 Å². The molecule has 0 aromatic carbocycles. The summed E-state index contributed by atoms with van der Waals surface area (Å²) in [6.45, 7) is 6.38. The van der Waals surface area contributed by atoms with Crippen LogP contribution in [0, 0.1) is 11.8 Å². The number of esters is 1. The van der Waals surface area contributed by atoms with Gasteiger partial charge in [-0.15, -0.1) is 0 Å². The maximum atomic E-state index is 11.2. The molecule has 1 N–H and O–H groups in total. The zero-order valence-electron chi connectivity index (χ0n) is 9.79. The number of nitrogens with one attached hydrogen (secondary N) is 1. The summed E-state index contributed by atoms with van der Waals surface area (Å²) in [4.78, 5) is 11.2. The normalized spacial score (nSPS) is 24.9. The minimum atomic E-state index is -0.155. The molecule has 0 saturated carbocycles. The number of rotatable bonds is 5. The minimum Gasteiger partial charge on any atom is -0.469 e. The Labute approximate surface area is 91.3 Å². The van der Waals surface area contributed by atoms with Crippen LogP contribution in [0.4, 0.5) is 0 Å². The van der Waals surface area contributed by atoms with E-state index in [9.17, 15) is 4.79 Å². The van der Waals surface area contributed by atoms with Crippen molar-refractivity contribution in [2.45, 2.75) is 26.3 Å². The summed E-state index contributed by atoms with van der Waals surface area (Å²) in [5, 5.41) is 3.36. The third-order valence-electron chi connectivity index (χ3n) is 3.02. The first-order chi connectivity index (χ1) is 7.15. The summed E-state index contributed by atoms with van der Waals surface area (Å²) >= 11 is 0. The molecule has 0 aromatic heterocycles. The number of ether oxygens (including phenoxy) is 2. The number of methoxy groups -OCH3 is 1. The van der Waals surface area contributed by atoms with E-state index in [2.05, 4.69) is 17.0 Å².